The zero-order valence-corrected chi connectivity index (χ0v) is 19.5. The molecule has 0 amide bonds. The van der Waals surface area contributed by atoms with Gasteiger partial charge in [0.2, 0.25) is 5.82 Å². The lowest BCUT2D eigenvalue weighted by Crippen LogP contribution is -2.20. The van der Waals surface area contributed by atoms with Crippen molar-refractivity contribution in [2.45, 2.75) is 26.5 Å². The minimum absolute atomic E-state index is 0.0874. The molecule has 0 radical (unpaired) electrons. The highest BCUT2D eigenvalue weighted by atomic mass is 16.5. The van der Waals surface area contributed by atoms with E-state index in [4.69, 9.17) is 18.7 Å². The number of hydrogen-bond donors (Lipinski definition) is 0. The first-order valence-corrected chi connectivity index (χ1v) is 10.9. The second kappa shape index (κ2) is 9.50. The van der Waals surface area contributed by atoms with E-state index in [1.54, 1.807) is 49.1 Å². The van der Waals surface area contributed by atoms with E-state index in [1.807, 2.05) is 6.07 Å². The summed E-state index contributed by atoms with van der Waals surface area (Å²) in [6, 6.07) is 8.76. The Morgan fingerprint density at radius 3 is 2.77 bits per heavy atom. The Balaban J connectivity index is 1.40. The van der Waals surface area contributed by atoms with Crippen LogP contribution in [-0.4, -0.2) is 55.3 Å². The molecule has 0 aliphatic rings. The van der Waals surface area contributed by atoms with Crippen LogP contribution in [0.3, 0.4) is 0 Å². The van der Waals surface area contributed by atoms with Crippen LogP contribution in [0, 0.1) is 6.92 Å². The Morgan fingerprint density at radius 2 is 2.00 bits per heavy atom. The van der Waals surface area contributed by atoms with Crippen molar-refractivity contribution in [3.05, 3.63) is 58.3 Å². The van der Waals surface area contributed by atoms with Gasteiger partial charge in [0.1, 0.15) is 12.4 Å². The highest BCUT2D eigenvalue weighted by Gasteiger charge is 2.18. The molecule has 0 atom stereocenters. The minimum atomic E-state index is -0.0874. The quantitative estimate of drug-likeness (QED) is 0.292. The van der Waals surface area contributed by atoms with Crippen molar-refractivity contribution in [2.24, 2.45) is 0 Å². The molecule has 5 aromatic rings. The first-order valence-electron chi connectivity index (χ1n) is 10.9. The second-order valence-corrected chi connectivity index (χ2v) is 7.82. The van der Waals surface area contributed by atoms with Crippen LogP contribution in [0.5, 0.6) is 11.6 Å². The van der Waals surface area contributed by atoms with Gasteiger partial charge in [0, 0.05) is 38.6 Å². The molecule has 0 aliphatic heterocycles. The van der Waals surface area contributed by atoms with Crippen LogP contribution in [0.15, 0.2) is 45.8 Å². The molecule has 0 N–H and O–H groups in total. The van der Waals surface area contributed by atoms with Crippen LogP contribution >= 0.6 is 0 Å². The standard InChI is InChI=1S/C23H23N7O5/c1-14-11-18(28-35-14)21-26-25-20-12-19(33-3)22(27-30(20)21)34-13-15-5-6-16-17(24-15)7-9-29(23(16)31)8-4-10-32-2/h5-7,9,11-12H,4,8,10,13H2,1-3H3. The number of nitrogens with zero attached hydrogens (tertiary/aromatic N) is 7. The van der Waals surface area contributed by atoms with E-state index in [2.05, 4.69) is 25.4 Å². The lowest BCUT2D eigenvalue weighted by Gasteiger charge is -2.11. The number of ether oxygens (including phenoxy) is 3. The number of fused-ring (bicyclic) bond motifs is 2. The van der Waals surface area contributed by atoms with Gasteiger partial charge in [0.15, 0.2) is 17.1 Å². The lowest BCUT2D eigenvalue weighted by atomic mass is 10.2. The molecule has 0 saturated heterocycles. The van der Waals surface area contributed by atoms with Gasteiger partial charge < -0.3 is 23.3 Å². The van der Waals surface area contributed by atoms with Crippen molar-refractivity contribution in [3.8, 4) is 23.1 Å². The Labute approximate surface area is 199 Å². The fourth-order valence-corrected chi connectivity index (χ4v) is 3.66. The summed E-state index contributed by atoms with van der Waals surface area (Å²) in [5, 5.41) is 17.3. The normalized spacial score (nSPS) is 11.4. The predicted molar refractivity (Wildman–Crippen MR) is 124 cm³/mol. The predicted octanol–water partition coefficient (Wildman–Crippen LogP) is 2.42. The summed E-state index contributed by atoms with van der Waals surface area (Å²) in [4.78, 5) is 17.3. The maximum Gasteiger partial charge on any atom is 0.275 e. The van der Waals surface area contributed by atoms with Crippen LogP contribution in [0.2, 0.25) is 0 Å². The van der Waals surface area contributed by atoms with E-state index >= 15 is 0 Å². The van der Waals surface area contributed by atoms with E-state index < -0.39 is 0 Å². The van der Waals surface area contributed by atoms with Crippen molar-refractivity contribution < 1.29 is 18.7 Å². The van der Waals surface area contributed by atoms with Crippen molar-refractivity contribution in [1.82, 2.24) is 34.5 Å². The van der Waals surface area contributed by atoms with Crippen LogP contribution in [-0.2, 0) is 17.9 Å². The third-order valence-corrected chi connectivity index (χ3v) is 5.39. The SMILES string of the molecule is COCCCn1ccc2nc(COc3nn4c(-c5cc(C)on5)nnc4cc3OC)ccc2c1=O. The topological polar surface area (TPSA) is 132 Å². The lowest BCUT2D eigenvalue weighted by molar-refractivity contribution is 0.190. The molecule has 0 spiro atoms. The maximum atomic E-state index is 12.7. The van der Waals surface area contributed by atoms with Gasteiger partial charge in [-0.05, 0) is 31.5 Å². The third-order valence-electron chi connectivity index (χ3n) is 5.39. The van der Waals surface area contributed by atoms with Gasteiger partial charge in [-0.15, -0.1) is 15.3 Å². The number of methoxy groups -OCH3 is 2. The van der Waals surface area contributed by atoms with Gasteiger partial charge in [-0.2, -0.15) is 4.52 Å². The van der Waals surface area contributed by atoms with Crippen LogP contribution in [0.4, 0.5) is 0 Å². The summed E-state index contributed by atoms with van der Waals surface area (Å²) >= 11 is 0. The molecule has 180 valence electrons. The number of rotatable bonds is 9. The molecular weight excluding hydrogens is 454 g/mol. The molecule has 0 aromatic carbocycles. The number of aromatic nitrogens is 7. The second-order valence-electron chi connectivity index (χ2n) is 7.82. The average Bonchev–Trinajstić information content (AvgIpc) is 3.49. The van der Waals surface area contributed by atoms with Gasteiger partial charge in [0.05, 0.1) is 23.7 Å². The van der Waals surface area contributed by atoms with Gasteiger partial charge >= 0.3 is 0 Å². The number of aryl methyl sites for hydroxylation is 2. The van der Waals surface area contributed by atoms with Gasteiger partial charge in [-0.3, -0.25) is 4.79 Å². The Kier molecular flexibility index (Phi) is 6.10. The molecule has 0 aliphatic carbocycles. The molecule has 35 heavy (non-hydrogen) atoms. The van der Waals surface area contributed by atoms with E-state index in [1.165, 1.54) is 11.6 Å². The van der Waals surface area contributed by atoms with Crippen LogP contribution in [0.1, 0.15) is 17.9 Å². The number of pyridine rings is 2. The van der Waals surface area contributed by atoms with Crippen molar-refractivity contribution in [3.63, 3.8) is 0 Å². The Morgan fingerprint density at radius 1 is 1.11 bits per heavy atom. The third kappa shape index (κ3) is 4.43. The summed E-state index contributed by atoms with van der Waals surface area (Å²) in [6.07, 6.45) is 2.50. The Bertz CT molecular complexity index is 1560. The average molecular weight is 477 g/mol. The zero-order chi connectivity index (χ0) is 24.4. The first kappa shape index (κ1) is 22.5. The molecule has 5 heterocycles. The zero-order valence-electron chi connectivity index (χ0n) is 19.5. The highest BCUT2D eigenvalue weighted by Crippen LogP contribution is 2.28. The van der Waals surface area contributed by atoms with Crippen LogP contribution < -0.4 is 15.0 Å². The molecule has 0 unspecified atom stereocenters. The molecule has 0 bridgehead atoms. The van der Waals surface area contributed by atoms with Gasteiger partial charge in [0.25, 0.3) is 11.4 Å². The van der Waals surface area contributed by atoms with Crippen molar-refractivity contribution in [2.75, 3.05) is 20.8 Å². The molecule has 0 fully saturated rings. The molecule has 0 saturated carbocycles. The molecule has 5 rings (SSSR count). The van der Waals surface area contributed by atoms with Crippen LogP contribution in [0.25, 0.3) is 28.1 Å². The fraction of sp³-hybridized carbons (Fsp3) is 0.304. The number of hydrogen-bond acceptors (Lipinski definition) is 10. The van der Waals surface area contributed by atoms with E-state index in [-0.39, 0.29) is 18.0 Å². The summed E-state index contributed by atoms with van der Waals surface area (Å²) in [5.74, 6) is 1.69. The largest absolute Gasteiger partial charge is 0.491 e. The maximum absolute atomic E-state index is 12.7. The van der Waals surface area contributed by atoms with E-state index in [0.29, 0.717) is 58.4 Å². The summed E-state index contributed by atoms with van der Waals surface area (Å²) in [6.45, 7) is 3.08. The first-order chi connectivity index (χ1) is 17.1. The van der Waals surface area contributed by atoms with E-state index in [9.17, 15) is 4.79 Å². The minimum Gasteiger partial charge on any atom is -0.491 e. The highest BCUT2D eigenvalue weighted by molar-refractivity contribution is 5.77. The fourth-order valence-electron chi connectivity index (χ4n) is 3.66. The van der Waals surface area contributed by atoms with E-state index in [0.717, 1.165) is 6.42 Å². The van der Waals surface area contributed by atoms with Crippen molar-refractivity contribution in [1.29, 1.82) is 0 Å². The summed E-state index contributed by atoms with van der Waals surface area (Å²) in [5.41, 5.74) is 2.11. The Hall–Kier alpha value is -4.32. The summed E-state index contributed by atoms with van der Waals surface area (Å²) < 4.78 is 24.7. The van der Waals surface area contributed by atoms with Gasteiger partial charge in [-0.1, -0.05) is 5.16 Å². The smallest absolute Gasteiger partial charge is 0.275 e. The molecule has 12 heteroatoms. The van der Waals surface area contributed by atoms with Crippen molar-refractivity contribution >= 4 is 16.6 Å². The monoisotopic (exact) mass is 477 g/mol. The summed E-state index contributed by atoms with van der Waals surface area (Å²) in [7, 11) is 3.16. The molecule has 12 nitrogen and oxygen atoms in total. The molecule has 5 aromatic heterocycles. The van der Waals surface area contributed by atoms with Gasteiger partial charge in [-0.25, -0.2) is 4.98 Å². The molecular formula is C23H23N7O5.